The number of benzene rings is 1. The van der Waals surface area contributed by atoms with Crippen molar-refractivity contribution in [3.8, 4) is 5.75 Å². The summed E-state index contributed by atoms with van der Waals surface area (Å²) in [6, 6.07) is 5.61. The van der Waals surface area contributed by atoms with Gasteiger partial charge in [0.1, 0.15) is 10.6 Å². The molecule has 2 rings (SSSR count). The number of aromatic carboxylic acids is 1. The molecule has 5 heteroatoms. The van der Waals surface area contributed by atoms with Crippen molar-refractivity contribution in [3.63, 3.8) is 0 Å². The summed E-state index contributed by atoms with van der Waals surface area (Å²) in [5, 5.41) is 9.96. The van der Waals surface area contributed by atoms with Crippen LogP contribution < -0.4 is 9.64 Å². The van der Waals surface area contributed by atoms with Gasteiger partial charge in [0.05, 0.1) is 6.10 Å². The van der Waals surface area contributed by atoms with E-state index in [0.29, 0.717) is 4.88 Å². The summed E-state index contributed by atoms with van der Waals surface area (Å²) in [5.41, 5.74) is 1.00. The van der Waals surface area contributed by atoms with E-state index in [1.54, 1.807) is 6.07 Å². The Morgan fingerprint density at radius 1 is 1.32 bits per heavy atom. The lowest BCUT2D eigenvalue weighted by Gasteiger charge is -2.16. The molecule has 4 nitrogen and oxygen atoms in total. The SMILES string of the molecule is CC(C)Oc1cc(N(C)C)cc2sc(C(=O)O)cc12. The maximum absolute atomic E-state index is 11.1. The van der Waals surface area contributed by atoms with Crippen molar-refractivity contribution < 1.29 is 14.6 Å². The monoisotopic (exact) mass is 279 g/mol. The summed E-state index contributed by atoms with van der Waals surface area (Å²) in [4.78, 5) is 13.4. The van der Waals surface area contributed by atoms with Gasteiger partial charge in [0, 0.05) is 35.9 Å². The molecule has 1 aromatic carbocycles. The number of carboxylic acid groups (broad SMARTS) is 1. The van der Waals surface area contributed by atoms with Crippen molar-refractivity contribution in [2.45, 2.75) is 20.0 Å². The van der Waals surface area contributed by atoms with Gasteiger partial charge >= 0.3 is 5.97 Å². The molecule has 102 valence electrons. The molecule has 0 bridgehead atoms. The Kier molecular flexibility index (Phi) is 3.66. The average Bonchev–Trinajstić information content (AvgIpc) is 2.72. The van der Waals surface area contributed by atoms with Gasteiger partial charge in [0.25, 0.3) is 0 Å². The highest BCUT2D eigenvalue weighted by Crippen LogP contribution is 2.37. The molecule has 0 unspecified atom stereocenters. The minimum absolute atomic E-state index is 0.0498. The van der Waals surface area contributed by atoms with Crippen LogP contribution in [0.2, 0.25) is 0 Å². The molecule has 0 radical (unpaired) electrons. The summed E-state index contributed by atoms with van der Waals surface area (Å²) in [6.07, 6.45) is 0.0498. The van der Waals surface area contributed by atoms with Gasteiger partial charge in [-0.05, 0) is 26.0 Å². The molecule has 1 heterocycles. The van der Waals surface area contributed by atoms with Crippen molar-refractivity contribution in [2.24, 2.45) is 0 Å². The number of hydrogen-bond donors (Lipinski definition) is 1. The fraction of sp³-hybridized carbons (Fsp3) is 0.357. The first-order valence-corrected chi connectivity index (χ1v) is 6.85. The smallest absolute Gasteiger partial charge is 0.345 e. The zero-order chi connectivity index (χ0) is 14.2. The van der Waals surface area contributed by atoms with E-state index in [1.807, 2.05) is 45.0 Å². The minimum Gasteiger partial charge on any atom is -0.490 e. The third-order valence-electron chi connectivity index (χ3n) is 2.67. The van der Waals surface area contributed by atoms with Gasteiger partial charge in [-0.3, -0.25) is 0 Å². The molecule has 0 spiro atoms. The van der Waals surface area contributed by atoms with E-state index >= 15 is 0 Å². The highest BCUT2D eigenvalue weighted by atomic mass is 32.1. The first-order chi connectivity index (χ1) is 8.88. The highest BCUT2D eigenvalue weighted by Gasteiger charge is 2.14. The summed E-state index contributed by atoms with van der Waals surface area (Å²) >= 11 is 1.27. The molecular weight excluding hydrogens is 262 g/mol. The number of hydrogen-bond acceptors (Lipinski definition) is 4. The van der Waals surface area contributed by atoms with Crippen LogP contribution in [0.4, 0.5) is 5.69 Å². The molecule has 1 aromatic heterocycles. The first kappa shape index (κ1) is 13.7. The van der Waals surface area contributed by atoms with E-state index in [1.165, 1.54) is 11.3 Å². The topological polar surface area (TPSA) is 49.8 Å². The lowest BCUT2D eigenvalue weighted by Crippen LogP contribution is -2.10. The van der Waals surface area contributed by atoms with Gasteiger partial charge in [-0.1, -0.05) is 0 Å². The lowest BCUT2D eigenvalue weighted by molar-refractivity contribution is 0.0702. The van der Waals surface area contributed by atoms with Crippen LogP contribution in [0, 0.1) is 0 Å². The summed E-state index contributed by atoms with van der Waals surface area (Å²) in [7, 11) is 3.90. The second-order valence-electron chi connectivity index (χ2n) is 4.83. The Morgan fingerprint density at radius 3 is 2.53 bits per heavy atom. The normalized spacial score (nSPS) is 11.0. The van der Waals surface area contributed by atoms with Crippen molar-refractivity contribution in [3.05, 3.63) is 23.1 Å². The van der Waals surface area contributed by atoms with E-state index in [9.17, 15) is 4.79 Å². The van der Waals surface area contributed by atoms with Crippen LogP contribution in [0.1, 0.15) is 23.5 Å². The average molecular weight is 279 g/mol. The van der Waals surface area contributed by atoms with Crippen LogP contribution in [-0.4, -0.2) is 31.3 Å². The molecule has 0 fully saturated rings. The second kappa shape index (κ2) is 5.09. The zero-order valence-corrected chi connectivity index (χ0v) is 12.2. The number of nitrogens with zero attached hydrogens (tertiary/aromatic N) is 1. The van der Waals surface area contributed by atoms with Gasteiger partial charge in [-0.25, -0.2) is 4.79 Å². The maximum atomic E-state index is 11.1. The number of carboxylic acids is 1. The Bertz CT molecular complexity index is 616. The standard InChI is InChI=1S/C14H17NO3S/c1-8(2)18-11-5-9(15(3)4)6-12-10(11)7-13(19-12)14(16)17/h5-8H,1-4H3,(H,16,17). The predicted octanol–water partition coefficient (Wildman–Crippen LogP) is 3.45. The van der Waals surface area contributed by atoms with Crippen LogP contribution >= 0.6 is 11.3 Å². The summed E-state index contributed by atoms with van der Waals surface area (Å²) in [6.45, 7) is 3.91. The van der Waals surface area contributed by atoms with Crippen LogP contribution in [0.3, 0.4) is 0 Å². The third-order valence-corrected chi connectivity index (χ3v) is 3.74. The van der Waals surface area contributed by atoms with Crippen LogP contribution in [0.15, 0.2) is 18.2 Å². The van der Waals surface area contributed by atoms with Gasteiger partial charge in [0.15, 0.2) is 0 Å². The fourth-order valence-corrected chi connectivity index (χ4v) is 2.76. The molecule has 1 N–H and O–H groups in total. The van der Waals surface area contributed by atoms with Gasteiger partial charge < -0.3 is 14.7 Å². The van der Waals surface area contributed by atoms with Gasteiger partial charge in [0.2, 0.25) is 0 Å². The van der Waals surface area contributed by atoms with Crippen LogP contribution in [0.5, 0.6) is 5.75 Å². The summed E-state index contributed by atoms with van der Waals surface area (Å²) < 4.78 is 6.73. The Morgan fingerprint density at radius 2 is 2.00 bits per heavy atom. The molecule has 2 aromatic rings. The predicted molar refractivity (Wildman–Crippen MR) is 78.9 cm³/mol. The van der Waals surface area contributed by atoms with E-state index in [2.05, 4.69) is 0 Å². The Hall–Kier alpha value is -1.75. The van der Waals surface area contributed by atoms with E-state index in [0.717, 1.165) is 21.5 Å². The molecule has 0 saturated heterocycles. The molecule has 0 amide bonds. The lowest BCUT2D eigenvalue weighted by atomic mass is 10.2. The fourth-order valence-electron chi connectivity index (χ4n) is 1.81. The third kappa shape index (κ3) is 2.81. The van der Waals surface area contributed by atoms with Crippen LogP contribution in [-0.2, 0) is 0 Å². The number of thiophene rings is 1. The van der Waals surface area contributed by atoms with E-state index < -0.39 is 5.97 Å². The van der Waals surface area contributed by atoms with Gasteiger partial charge in [-0.15, -0.1) is 11.3 Å². The number of ether oxygens (including phenoxy) is 1. The Balaban J connectivity index is 2.63. The molecule has 0 aliphatic rings. The van der Waals surface area contributed by atoms with Crippen molar-refractivity contribution in [1.29, 1.82) is 0 Å². The molecule has 0 aliphatic heterocycles. The van der Waals surface area contributed by atoms with E-state index in [4.69, 9.17) is 9.84 Å². The Labute approximate surface area is 116 Å². The maximum Gasteiger partial charge on any atom is 0.345 e. The minimum atomic E-state index is -0.900. The largest absolute Gasteiger partial charge is 0.490 e. The number of rotatable bonds is 4. The van der Waals surface area contributed by atoms with Crippen LogP contribution in [0.25, 0.3) is 10.1 Å². The molecule has 19 heavy (non-hydrogen) atoms. The quantitative estimate of drug-likeness (QED) is 0.931. The molecule has 0 aliphatic carbocycles. The number of fused-ring (bicyclic) bond motifs is 1. The molecule has 0 saturated carbocycles. The van der Waals surface area contributed by atoms with Gasteiger partial charge in [-0.2, -0.15) is 0 Å². The molecule has 0 atom stereocenters. The zero-order valence-electron chi connectivity index (χ0n) is 11.4. The number of carbonyl (C=O) groups is 1. The first-order valence-electron chi connectivity index (χ1n) is 6.03. The second-order valence-corrected chi connectivity index (χ2v) is 5.92. The van der Waals surface area contributed by atoms with Crippen molar-refractivity contribution >= 4 is 33.1 Å². The van der Waals surface area contributed by atoms with Crippen molar-refractivity contribution in [2.75, 3.05) is 19.0 Å². The van der Waals surface area contributed by atoms with Crippen molar-refractivity contribution in [1.82, 2.24) is 0 Å². The molecular formula is C14H17NO3S. The highest BCUT2D eigenvalue weighted by molar-refractivity contribution is 7.20. The van der Waals surface area contributed by atoms with E-state index in [-0.39, 0.29) is 6.10 Å². The number of anilines is 1. The summed E-state index contributed by atoms with van der Waals surface area (Å²) in [5.74, 6) is -0.164.